The van der Waals surface area contributed by atoms with Gasteiger partial charge < -0.3 is 16.6 Å². The summed E-state index contributed by atoms with van der Waals surface area (Å²) < 4.78 is 0. The van der Waals surface area contributed by atoms with Crippen molar-refractivity contribution >= 4 is 12.3 Å². The zero-order chi connectivity index (χ0) is 9.56. The molecule has 0 aromatic carbocycles. The maximum Gasteiger partial charge on any atom is 0.320 e. The third kappa shape index (κ3) is 3.72. The monoisotopic (exact) mass is 171 g/mol. The van der Waals surface area contributed by atoms with Crippen molar-refractivity contribution in [2.24, 2.45) is 16.5 Å². The number of carboxylic acid groups (broad SMARTS) is 1. The molecule has 0 aliphatic rings. The first-order valence-electron chi connectivity index (χ1n) is 3.49. The van der Waals surface area contributed by atoms with Crippen molar-refractivity contribution in [2.75, 3.05) is 0 Å². The predicted octanol–water partition coefficient (Wildman–Crippen LogP) is -0.321. The standard InChI is InChI=1S/C7H13N3O2/c1-2-5(10-4-8)3-6(9)7(11)12/h2,4,6H,3,9H2,1H3,(H2,8,10)(H,11,12)/b5-2-/t6-/m0/s1. The Morgan fingerprint density at radius 1 is 1.75 bits per heavy atom. The van der Waals surface area contributed by atoms with Crippen molar-refractivity contribution in [3.8, 4) is 0 Å². The second-order valence-electron chi connectivity index (χ2n) is 2.21. The Kier molecular flexibility index (Phi) is 4.71. The molecule has 0 unspecified atom stereocenters. The van der Waals surface area contributed by atoms with E-state index >= 15 is 0 Å². The molecule has 0 fully saturated rings. The van der Waals surface area contributed by atoms with Gasteiger partial charge in [-0.2, -0.15) is 0 Å². The molecule has 5 heteroatoms. The van der Waals surface area contributed by atoms with E-state index < -0.39 is 12.0 Å². The first kappa shape index (κ1) is 10.6. The second-order valence-corrected chi connectivity index (χ2v) is 2.21. The minimum Gasteiger partial charge on any atom is -0.480 e. The van der Waals surface area contributed by atoms with Crippen LogP contribution in [-0.2, 0) is 4.79 Å². The number of carbonyl (C=O) groups is 1. The van der Waals surface area contributed by atoms with Gasteiger partial charge >= 0.3 is 5.97 Å². The van der Waals surface area contributed by atoms with Gasteiger partial charge in [0.15, 0.2) is 0 Å². The number of nitrogens with two attached hydrogens (primary N) is 2. The Morgan fingerprint density at radius 2 is 2.33 bits per heavy atom. The maximum atomic E-state index is 10.3. The van der Waals surface area contributed by atoms with Gasteiger partial charge in [-0.3, -0.25) is 4.79 Å². The van der Waals surface area contributed by atoms with E-state index in [2.05, 4.69) is 4.99 Å². The van der Waals surface area contributed by atoms with Crippen LogP contribution in [0.5, 0.6) is 0 Å². The molecule has 0 heterocycles. The summed E-state index contributed by atoms with van der Waals surface area (Å²) in [6.07, 6.45) is 2.98. The van der Waals surface area contributed by atoms with Crippen LogP contribution in [0.15, 0.2) is 16.8 Å². The summed E-state index contributed by atoms with van der Waals surface area (Å²) in [6, 6.07) is -0.917. The molecule has 68 valence electrons. The largest absolute Gasteiger partial charge is 0.480 e. The van der Waals surface area contributed by atoms with E-state index in [9.17, 15) is 4.79 Å². The molecule has 0 aliphatic carbocycles. The third-order valence-corrected chi connectivity index (χ3v) is 1.32. The van der Waals surface area contributed by atoms with Crippen LogP contribution in [0.4, 0.5) is 0 Å². The van der Waals surface area contributed by atoms with E-state index in [-0.39, 0.29) is 6.42 Å². The Hall–Kier alpha value is -1.36. The number of aliphatic imine (C=N–C) groups is 1. The summed E-state index contributed by atoms with van der Waals surface area (Å²) in [4.78, 5) is 14.1. The number of hydrogen-bond acceptors (Lipinski definition) is 3. The van der Waals surface area contributed by atoms with E-state index in [1.165, 1.54) is 0 Å². The van der Waals surface area contributed by atoms with Crippen molar-refractivity contribution in [1.29, 1.82) is 0 Å². The molecule has 0 aliphatic heterocycles. The Morgan fingerprint density at radius 3 is 2.67 bits per heavy atom. The molecule has 0 spiro atoms. The topological polar surface area (TPSA) is 102 Å². The summed E-state index contributed by atoms with van der Waals surface area (Å²) in [5.41, 5.74) is 10.9. The van der Waals surface area contributed by atoms with Gasteiger partial charge in [-0.1, -0.05) is 6.08 Å². The van der Waals surface area contributed by atoms with Gasteiger partial charge in [0, 0.05) is 12.1 Å². The van der Waals surface area contributed by atoms with Crippen LogP contribution in [0.25, 0.3) is 0 Å². The maximum absolute atomic E-state index is 10.3. The van der Waals surface area contributed by atoms with Crippen molar-refractivity contribution in [3.05, 3.63) is 11.8 Å². The lowest BCUT2D eigenvalue weighted by atomic mass is 10.2. The van der Waals surface area contributed by atoms with E-state index in [1.807, 2.05) is 0 Å². The number of carboxylic acids is 1. The molecule has 0 aromatic rings. The minimum absolute atomic E-state index is 0.194. The van der Waals surface area contributed by atoms with Crippen LogP contribution in [0.1, 0.15) is 13.3 Å². The van der Waals surface area contributed by atoms with Gasteiger partial charge in [-0.05, 0) is 6.92 Å². The molecule has 5 nitrogen and oxygen atoms in total. The molecule has 5 N–H and O–H groups in total. The second kappa shape index (κ2) is 5.31. The Labute approximate surface area is 70.8 Å². The Balaban J connectivity index is 4.13. The lowest BCUT2D eigenvalue weighted by molar-refractivity contribution is -0.138. The molecule has 0 saturated heterocycles. The highest BCUT2D eigenvalue weighted by atomic mass is 16.4. The fraction of sp³-hybridized carbons (Fsp3) is 0.429. The molecule has 0 bridgehead atoms. The van der Waals surface area contributed by atoms with E-state index in [0.717, 1.165) is 6.34 Å². The number of allylic oxidation sites excluding steroid dienone is 1. The summed E-state index contributed by atoms with van der Waals surface area (Å²) in [5, 5.41) is 8.46. The van der Waals surface area contributed by atoms with Crippen LogP contribution in [0, 0.1) is 0 Å². The van der Waals surface area contributed by atoms with Crippen molar-refractivity contribution in [1.82, 2.24) is 0 Å². The first-order chi connectivity index (χ1) is 5.61. The minimum atomic E-state index is -1.04. The van der Waals surface area contributed by atoms with Crippen molar-refractivity contribution in [3.63, 3.8) is 0 Å². The summed E-state index contributed by atoms with van der Waals surface area (Å²) in [7, 11) is 0. The number of rotatable bonds is 4. The molecule has 0 amide bonds. The molecule has 12 heavy (non-hydrogen) atoms. The fourth-order valence-electron chi connectivity index (χ4n) is 0.653. The van der Waals surface area contributed by atoms with E-state index in [4.69, 9.17) is 16.6 Å². The number of hydrogen-bond donors (Lipinski definition) is 3. The first-order valence-corrected chi connectivity index (χ1v) is 3.49. The quantitative estimate of drug-likeness (QED) is 0.398. The van der Waals surface area contributed by atoms with Gasteiger partial charge in [-0.15, -0.1) is 0 Å². The molecule has 1 atom stereocenters. The molecular formula is C7H13N3O2. The van der Waals surface area contributed by atoms with E-state index in [0.29, 0.717) is 5.70 Å². The average Bonchev–Trinajstić information content (AvgIpc) is 2.03. The van der Waals surface area contributed by atoms with Gasteiger partial charge in [0.05, 0.1) is 6.34 Å². The summed E-state index contributed by atoms with van der Waals surface area (Å²) in [5.74, 6) is -1.04. The highest BCUT2D eigenvalue weighted by Crippen LogP contribution is 2.04. The Bertz CT molecular complexity index is 211. The summed E-state index contributed by atoms with van der Waals surface area (Å²) >= 11 is 0. The van der Waals surface area contributed by atoms with Crippen LogP contribution >= 0.6 is 0 Å². The summed E-state index contributed by atoms with van der Waals surface area (Å²) in [6.45, 7) is 1.75. The average molecular weight is 171 g/mol. The molecular weight excluding hydrogens is 158 g/mol. The van der Waals surface area contributed by atoms with Crippen LogP contribution < -0.4 is 11.5 Å². The van der Waals surface area contributed by atoms with Crippen LogP contribution in [0.2, 0.25) is 0 Å². The van der Waals surface area contributed by atoms with Gasteiger partial charge in [0.1, 0.15) is 6.04 Å². The predicted molar refractivity (Wildman–Crippen MR) is 46.7 cm³/mol. The fourth-order valence-corrected chi connectivity index (χ4v) is 0.653. The highest BCUT2D eigenvalue weighted by molar-refractivity contribution is 5.73. The zero-order valence-corrected chi connectivity index (χ0v) is 6.90. The zero-order valence-electron chi connectivity index (χ0n) is 6.90. The molecule has 0 rings (SSSR count). The third-order valence-electron chi connectivity index (χ3n) is 1.32. The normalized spacial score (nSPS) is 15.0. The van der Waals surface area contributed by atoms with Crippen LogP contribution in [0.3, 0.4) is 0 Å². The number of aliphatic carboxylic acids is 1. The van der Waals surface area contributed by atoms with Crippen molar-refractivity contribution < 1.29 is 9.90 Å². The smallest absolute Gasteiger partial charge is 0.320 e. The van der Waals surface area contributed by atoms with Gasteiger partial charge in [-0.25, -0.2) is 4.99 Å². The molecule has 0 aromatic heterocycles. The lowest BCUT2D eigenvalue weighted by Crippen LogP contribution is -2.30. The number of nitrogens with zero attached hydrogens (tertiary/aromatic N) is 1. The lowest BCUT2D eigenvalue weighted by Gasteiger charge is -2.05. The van der Waals surface area contributed by atoms with Crippen LogP contribution in [-0.4, -0.2) is 23.5 Å². The van der Waals surface area contributed by atoms with Gasteiger partial charge in [0.2, 0.25) is 0 Å². The SMILES string of the molecule is C/C=C(/C[C@H](N)C(=O)O)N=CN. The molecule has 0 radical (unpaired) electrons. The van der Waals surface area contributed by atoms with Gasteiger partial charge in [0.25, 0.3) is 0 Å². The van der Waals surface area contributed by atoms with Crippen molar-refractivity contribution in [2.45, 2.75) is 19.4 Å². The highest BCUT2D eigenvalue weighted by Gasteiger charge is 2.12. The van der Waals surface area contributed by atoms with E-state index in [1.54, 1.807) is 13.0 Å². The molecule has 0 saturated carbocycles.